The van der Waals surface area contributed by atoms with E-state index in [2.05, 4.69) is 10.5 Å². The molecule has 6 N–H and O–H groups in total. The Kier molecular flexibility index (Phi) is 7.53. The van der Waals surface area contributed by atoms with Crippen LogP contribution in [-0.4, -0.2) is 42.4 Å². The second-order valence-electron chi connectivity index (χ2n) is 6.29. The third-order valence-electron chi connectivity index (χ3n) is 4.05. The van der Waals surface area contributed by atoms with Crippen molar-refractivity contribution in [3.05, 3.63) is 64.7 Å². The summed E-state index contributed by atoms with van der Waals surface area (Å²) in [5.41, 5.74) is 14.9. The number of aliphatic carboxylic acids is 1. The molecule has 2 rings (SSSR count). The van der Waals surface area contributed by atoms with Crippen molar-refractivity contribution in [2.24, 2.45) is 10.9 Å². The summed E-state index contributed by atoms with van der Waals surface area (Å²) in [6.45, 7) is 2.40. The molecular weight excluding hydrogens is 360 g/mol. The fourth-order valence-electron chi connectivity index (χ4n) is 2.33. The number of nitrogens with zero attached hydrogens (tertiary/aromatic N) is 1. The molecule has 0 radical (unpaired) electrons. The van der Waals surface area contributed by atoms with Gasteiger partial charge >= 0.3 is 5.97 Å². The molecule has 2 aromatic rings. The van der Waals surface area contributed by atoms with E-state index in [1.165, 1.54) is 6.21 Å². The quantitative estimate of drug-likeness (QED) is 0.222. The number of hydrogen-bond acceptors (Lipinski definition) is 6. The Labute approximate surface area is 163 Å². The SMILES string of the molecule is Cc1ccc(C(=O)NCCO/N=C/c2ccc(CC(N)C(=O)O)cc2)cc1N. The fraction of sp³-hybridized carbons (Fsp3) is 0.250. The molecule has 8 heteroatoms. The zero-order valence-corrected chi connectivity index (χ0v) is 15.6. The van der Waals surface area contributed by atoms with Crippen molar-refractivity contribution in [3.8, 4) is 0 Å². The largest absolute Gasteiger partial charge is 0.480 e. The lowest BCUT2D eigenvalue weighted by Crippen LogP contribution is -2.32. The van der Waals surface area contributed by atoms with Crippen LogP contribution in [0.25, 0.3) is 0 Å². The maximum atomic E-state index is 12.0. The molecule has 0 aliphatic rings. The number of hydrogen-bond donors (Lipinski definition) is 4. The van der Waals surface area contributed by atoms with Crippen LogP contribution in [0.5, 0.6) is 0 Å². The van der Waals surface area contributed by atoms with Crippen LogP contribution < -0.4 is 16.8 Å². The maximum Gasteiger partial charge on any atom is 0.320 e. The number of nitrogen functional groups attached to an aromatic ring is 1. The third kappa shape index (κ3) is 6.40. The standard InChI is InChI=1S/C20H24N4O4/c1-13-2-7-16(11-17(13)21)19(25)23-8-9-28-24-12-15-5-3-14(4-6-15)10-18(22)20(26)27/h2-7,11-12,18H,8-10,21-22H2,1H3,(H,23,25)(H,26,27)/b24-12+. The molecule has 0 spiro atoms. The third-order valence-corrected chi connectivity index (χ3v) is 4.05. The summed E-state index contributed by atoms with van der Waals surface area (Å²) in [4.78, 5) is 27.9. The minimum absolute atomic E-state index is 0.217. The molecule has 0 heterocycles. The van der Waals surface area contributed by atoms with E-state index in [0.29, 0.717) is 17.8 Å². The van der Waals surface area contributed by atoms with E-state index in [-0.39, 0.29) is 18.9 Å². The summed E-state index contributed by atoms with van der Waals surface area (Å²) in [5.74, 6) is -1.26. The molecule has 0 aliphatic carbocycles. The van der Waals surface area contributed by atoms with Crippen molar-refractivity contribution in [2.45, 2.75) is 19.4 Å². The molecule has 2 aromatic carbocycles. The highest BCUT2D eigenvalue weighted by Gasteiger charge is 2.11. The van der Waals surface area contributed by atoms with Crippen LogP contribution in [0.3, 0.4) is 0 Å². The molecule has 0 bridgehead atoms. The van der Waals surface area contributed by atoms with Crippen molar-refractivity contribution in [3.63, 3.8) is 0 Å². The van der Waals surface area contributed by atoms with Crippen molar-refractivity contribution in [1.29, 1.82) is 0 Å². The molecule has 148 valence electrons. The van der Waals surface area contributed by atoms with Crippen LogP contribution in [0.15, 0.2) is 47.6 Å². The number of anilines is 1. The van der Waals surface area contributed by atoms with Crippen LogP contribution in [0.4, 0.5) is 5.69 Å². The Morgan fingerprint density at radius 2 is 1.96 bits per heavy atom. The lowest BCUT2D eigenvalue weighted by atomic mass is 10.1. The molecule has 0 saturated heterocycles. The van der Waals surface area contributed by atoms with Gasteiger partial charge in [0.05, 0.1) is 12.8 Å². The van der Waals surface area contributed by atoms with Gasteiger partial charge in [0.25, 0.3) is 5.91 Å². The molecule has 28 heavy (non-hydrogen) atoms. The van der Waals surface area contributed by atoms with Crippen molar-refractivity contribution >= 4 is 23.8 Å². The normalized spacial score (nSPS) is 11.9. The second kappa shape index (κ2) is 10.1. The Hall–Kier alpha value is -3.39. The minimum atomic E-state index is -1.03. The summed E-state index contributed by atoms with van der Waals surface area (Å²) in [6, 6.07) is 11.4. The molecule has 0 aliphatic heterocycles. The van der Waals surface area contributed by atoms with E-state index in [0.717, 1.165) is 16.7 Å². The molecule has 1 atom stereocenters. The van der Waals surface area contributed by atoms with Gasteiger partial charge in [0.2, 0.25) is 0 Å². The number of amides is 1. The molecule has 0 fully saturated rings. The zero-order valence-electron chi connectivity index (χ0n) is 15.6. The van der Waals surface area contributed by atoms with Crippen LogP contribution in [0.1, 0.15) is 27.0 Å². The number of carbonyl (C=O) groups is 2. The predicted octanol–water partition coefficient (Wildman–Crippen LogP) is 1.31. The summed E-state index contributed by atoms with van der Waals surface area (Å²) >= 11 is 0. The number of carbonyl (C=O) groups excluding carboxylic acids is 1. The summed E-state index contributed by atoms with van der Waals surface area (Å²) in [5, 5.41) is 15.4. The van der Waals surface area contributed by atoms with Gasteiger partial charge in [-0.1, -0.05) is 35.5 Å². The van der Waals surface area contributed by atoms with Crippen molar-refractivity contribution in [2.75, 3.05) is 18.9 Å². The molecule has 0 saturated carbocycles. The van der Waals surface area contributed by atoms with E-state index in [1.54, 1.807) is 42.5 Å². The maximum absolute atomic E-state index is 12.0. The molecular formula is C20H24N4O4. The van der Waals surface area contributed by atoms with E-state index in [9.17, 15) is 9.59 Å². The first-order chi connectivity index (χ1) is 13.4. The average molecular weight is 384 g/mol. The number of nitrogens with one attached hydrogen (secondary N) is 1. The van der Waals surface area contributed by atoms with Gasteiger partial charge in [0.1, 0.15) is 12.6 Å². The van der Waals surface area contributed by atoms with Gasteiger partial charge in [-0.25, -0.2) is 0 Å². The minimum Gasteiger partial charge on any atom is -0.480 e. The lowest BCUT2D eigenvalue weighted by molar-refractivity contribution is -0.138. The van der Waals surface area contributed by atoms with E-state index in [4.69, 9.17) is 21.4 Å². The predicted molar refractivity (Wildman–Crippen MR) is 107 cm³/mol. The number of nitrogens with two attached hydrogens (primary N) is 2. The van der Waals surface area contributed by atoms with Gasteiger partial charge in [-0.2, -0.15) is 0 Å². The highest BCUT2D eigenvalue weighted by atomic mass is 16.6. The number of carboxylic acid groups (broad SMARTS) is 1. The Morgan fingerprint density at radius 3 is 2.61 bits per heavy atom. The summed E-state index contributed by atoms with van der Waals surface area (Å²) < 4.78 is 0. The Bertz CT molecular complexity index is 850. The number of oxime groups is 1. The Morgan fingerprint density at radius 1 is 1.25 bits per heavy atom. The summed E-state index contributed by atoms with van der Waals surface area (Å²) in [7, 11) is 0. The first-order valence-corrected chi connectivity index (χ1v) is 8.74. The highest BCUT2D eigenvalue weighted by Crippen LogP contribution is 2.12. The fourth-order valence-corrected chi connectivity index (χ4v) is 2.33. The van der Waals surface area contributed by atoms with Gasteiger partial charge in [0, 0.05) is 11.3 Å². The topological polar surface area (TPSA) is 140 Å². The zero-order chi connectivity index (χ0) is 20.5. The highest BCUT2D eigenvalue weighted by molar-refractivity contribution is 5.95. The smallest absolute Gasteiger partial charge is 0.320 e. The van der Waals surface area contributed by atoms with Crippen molar-refractivity contribution in [1.82, 2.24) is 5.32 Å². The lowest BCUT2D eigenvalue weighted by Gasteiger charge is -2.07. The Balaban J connectivity index is 1.71. The van der Waals surface area contributed by atoms with Gasteiger partial charge in [-0.15, -0.1) is 0 Å². The van der Waals surface area contributed by atoms with Crippen molar-refractivity contribution < 1.29 is 19.5 Å². The van der Waals surface area contributed by atoms with E-state index >= 15 is 0 Å². The molecule has 1 amide bonds. The monoisotopic (exact) mass is 384 g/mol. The van der Waals surface area contributed by atoms with Gasteiger partial charge in [-0.3, -0.25) is 9.59 Å². The average Bonchev–Trinajstić information content (AvgIpc) is 2.67. The summed E-state index contributed by atoms with van der Waals surface area (Å²) in [6.07, 6.45) is 1.79. The van der Waals surface area contributed by atoms with E-state index < -0.39 is 12.0 Å². The number of benzene rings is 2. The number of rotatable bonds is 9. The molecule has 1 unspecified atom stereocenters. The van der Waals surface area contributed by atoms with Crippen LogP contribution in [0, 0.1) is 6.92 Å². The van der Waals surface area contributed by atoms with Crippen LogP contribution in [-0.2, 0) is 16.1 Å². The van der Waals surface area contributed by atoms with Crippen LogP contribution >= 0.6 is 0 Å². The van der Waals surface area contributed by atoms with Gasteiger partial charge in [0.15, 0.2) is 0 Å². The molecule has 0 aromatic heterocycles. The number of carboxylic acids is 1. The second-order valence-corrected chi connectivity index (χ2v) is 6.29. The molecule has 8 nitrogen and oxygen atoms in total. The van der Waals surface area contributed by atoms with Gasteiger partial charge in [-0.05, 0) is 42.2 Å². The van der Waals surface area contributed by atoms with E-state index in [1.807, 2.05) is 6.92 Å². The first-order valence-electron chi connectivity index (χ1n) is 8.74. The number of aryl methyl sites for hydroxylation is 1. The van der Waals surface area contributed by atoms with Gasteiger partial charge < -0.3 is 26.7 Å². The first kappa shape index (κ1) is 20.9. The van der Waals surface area contributed by atoms with Crippen LogP contribution in [0.2, 0.25) is 0 Å².